The predicted molar refractivity (Wildman–Crippen MR) is 95.4 cm³/mol. The Morgan fingerprint density at radius 1 is 1.19 bits per heavy atom. The molecule has 0 fully saturated rings. The summed E-state index contributed by atoms with van der Waals surface area (Å²) >= 11 is 6.46. The Bertz CT molecular complexity index is 418. The summed E-state index contributed by atoms with van der Waals surface area (Å²) in [5.41, 5.74) is 8.41. The molecule has 1 aromatic rings. The Morgan fingerprint density at radius 2 is 1.90 bits per heavy atom. The minimum Gasteiger partial charge on any atom is -0.369 e. The fourth-order valence-corrected chi connectivity index (χ4v) is 2.78. The number of hydrogen-bond acceptors (Lipinski definition) is 2. The van der Waals surface area contributed by atoms with Crippen LogP contribution in [0.25, 0.3) is 0 Å². The van der Waals surface area contributed by atoms with Gasteiger partial charge in [0, 0.05) is 29.3 Å². The number of nitrogens with zero attached hydrogens (tertiary/aromatic N) is 1. The van der Waals surface area contributed by atoms with Crippen LogP contribution < -0.4 is 10.6 Å². The molecule has 0 spiro atoms. The third kappa shape index (κ3) is 5.88. The number of benzene rings is 1. The van der Waals surface area contributed by atoms with E-state index in [9.17, 15) is 0 Å². The Labute approximate surface area is 135 Å². The molecule has 21 heavy (non-hydrogen) atoms. The van der Waals surface area contributed by atoms with Crippen molar-refractivity contribution in [3.05, 3.63) is 28.8 Å². The molecule has 0 amide bonds. The molecule has 3 heteroatoms. The van der Waals surface area contributed by atoms with Gasteiger partial charge < -0.3 is 10.6 Å². The summed E-state index contributed by atoms with van der Waals surface area (Å²) in [6.45, 7) is 9.92. The second-order valence-corrected chi connectivity index (χ2v) is 6.55. The van der Waals surface area contributed by atoms with E-state index in [1.165, 1.54) is 24.9 Å². The second-order valence-electron chi connectivity index (χ2n) is 6.14. The number of unbranched alkanes of at least 4 members (excludes halogenated alkanes) is 2. The van der Waals surface area contributed by atoms with Crippen molar-refractivity contribution in [2.24, 2.45) is 5.73 Å². The van der Waals surface area contributed by atoms with Crippen LogP contribution in [0.1, 0.15) is 58.9 Å². The highest BCUT2D eigenvalue weighted by Gasteiger charge is 2.13. The van der Waals surface area contributed by atoms with E-state index in [2.05, 4.69) is 50.8 Å². The lowest BCUT2D eigenvalue weighted by molar-refractivity contribution is 0.625. The fraction of sp³-hybridized carbons (Fsp3) is 0.667. The highest BCUT2D eigenvalue weighted by molar-refractivity contribution is 6.31. The Kier molecular flexibility index (Phi) is 8.13. The van der Waals surface area contributed by atoms with Crippen LogP contribution in [0.3, 0.4) is 0 Å². The van der Waals surface area contributed by atoms with Crippen LogP contribution in [0.5, 0.6) is 0 Å². The molecule has 2 N–H and O–H groups in total. The van der Waals surface area contributed by atoms with Gasteiger partial charge in [-0.1, -0.05) is 44.4 Å². The third-order valence-electron chi connectivity index (χ3n) is 4.00. The van der Waals surface area contributed by atoms with Crippen LogP contribution in [0.2, 0.25) is 5.02 Å². The quantitative estimate of drug-likeness (QED) is 0.648. The van der Waals surface area contributed by atoms with E-state index in [-0.39, 0.29) is 6.04 Å². The summed E-state index contributed by atoms with van der Waals surface area (Å²) < 4.78 is 0. The highest BCUT2D eigenvalue weighted by atomic mass is 35.5. The van der Waals surface area contributed by atoms with Gasteiger partial charge in [0.1, 0.15) is 0 Å². The molecule has 0 radical (unpaired) electrons. The highest BCUT2D eigenvalue weighted by Crippen LogP contribution is 2.26. The monoisotopic (exact) mass is 310 g/mol. The Hall–Kier alpha value is -0.730. The average molecular weight is 311 g/mol. The lowest BCUT2D eigenvalue weighted by Crippen LogP contribution is -2.31. The van der Waals surface area contributed by atoms with Crippen molar-refractivity contribution in [2.75, 3.05) is 11.4 Å². The molecule has 1 aromatic carbocycles. The zero-order valence-electron chi connectivity index (χ0n) is 14.0. The molecule has 1 unspecified atom stereocenters. The van der Waals surface area contributed by atoms with Crippen LogP contribution in [-0.4, -0.2) is 18.6 Å². The first-order valence-electron chi connectivity index (χ1n) is 8.30. The van der Waals surface area contributed by atoms with Crippen molar-refractivity contribution in [3.63, 3.8) is 0 Å². The number of nitrogens with two attached hydrogens (primary N) is 1. The zero-order valence-corrected chi connectivity index (χ0v) is 14.8. The number of anilines is 1. The number of hydrogen-bond donors (Lipinski definition) is 1. The van der Waals surface area contributed by atoms with E-state index in [4.69, 9.17) is 17.3 Å². The van der Waals surface area contributed by atoms with Crippen LogP contribution in [0.15, 0.2) is 18.2 Å². The van der Waals surface area contributed by atoms with E-state index < -0.39 is 0 Å². The van der Waals surface area contributed by atoms with E-state index >= 15 is 0 Å². The van der Waals surface area contributed by atoms with Gasteiger partial charge in [0.25, 0.3) is 0 Å². The van der Waals surface area contributed by atoms with Crippen molar-refractivity contribution >= 4 is 17.3 Å². The van der Waals surface area contributed by atoms with E-state index in [1.807, 2.05) is 0 Å². The van der Waals surface area contributed by atoms with Gasteiger partial charge >= 0.3 is 0 Å². The number of halogens is 1. The maximum absolute atomic E-state index is 6.46. The minimum atomic E-state index is 0.194. The lowest BCUT2D eigenvalue weighted by atomic mass is 10.0. The maximum Gasteiger partial charge on any atom is 0.0459 e. The van der Waals surface area contributed by atoms with Crippen molar-refractivity contribution in [1.29, 1.82) is 0 Å². The lowest BCUT2D eigenvalue weighted by Gasteiger charge is -2.29. The van der Waals surface area contributed by atoms with Crippen molar-refractivity contribution in [2.45, 2.75) is 71.9 Å². The first kappa shape index (κ1) is 18.3. The van der Waals surface area contributed by atoms with Gasteiger partial charge in [-0.25, -0.2) is 0 Å². The van der Waals surface area contributed by atoms with Crippen molar-refractivity contribution in [3.8, 4) is 0 Å². The van der Waals surface area contributed by atoms with E-state index in [0.29, 0.717) is 6.04 Å². The van der Waals surface area contributed by atoms with Gasteiger partial charge in [0.2, 0.25) is 0 Å². The molecule has 1 atom stereocenters. The van der Waals surface area contributed by atoms with Crippen LogP contribution in [0, 0.1) is 0 Å². The van der Waals surface area contributed by atoms with Gasteiger partial charge in [0.05, 0.1) is 0 Å². The molecular weight excluding hydrogens is 280 g/mol. The molecule has 0 saturated carbocycles. The Balaban J connectivity index is 2.83. The molecule has 0 saturated heterocycles. The fourth-order valence-electron chi connectivity index (χ4n) is 2.52. The molecule has 0 aliphatic heterocycles. The largest absolute Gasteiger partial charge is 0.369 e. The van der Waals surface area contributed by atoms with Crippen LogP contribution in [0.4, 0.5) is 5.69 Å². The topological polar surface area (TPSA) is 29.3 Å². The standard InChI is InChI=1S/C18H31ClN2/c1-5-7-8-11-21(14(3)4)17-10-9-15(18(19)13-17)12-16(20)6-2/h9-10,13-14,16H,5-8,11-12,20H2,1-4H3. The molecule has 0 aliphatic rings. The van der Waals surface area contributed by atoms with Gasteiger partial charge in [-0.15, -0.1) is 0 Å². The predicted octanol–water partition coefficient (Wildman–Crippen LogP) is 5.02. The third-order valence-corrected chi connectivity index (χ3v) is 4.35. The molecule has 0 heterocycles. The van der Waals surface area contributed by atoms with Crippen LogP contribution >= 0.6 is 11.6 Å². The zero-order chi connectivity index (χ0) is 15.8. The van der Waals surface area contributed by atoms with Gasteiger partial charge in [0.15, 0.2) is 0 Å². The smallest absolute Gasteiger partial charge is 0.0459 e. The van der Waals surface area contributed by atoms with Gasteiger partial charge in [-0.05, 0) is 50.8 Å². The molecule has 120 valence electrons. The minimum absolute atomic E-state index is 0.194. The molecular formula is C18H31ClN2. The van der Waals surface area contributed by atoms with Gasteiger partial charge in [-0.2, -0.15) is 0 Å². The first-order valence-corrected chi connectivity index (χ1v) is 8.68. The second kappa shape index (κ2) is 9.32. The Morgan fingerprint density at radius 3 is 2.43 bits per heavy atom. The SMILES string of the molecule is CCCCCN(c1ccc(CC(N)CC)c(Cl)c1)C(C)C. The summed E-state index contributed by atoms with van der Waals surface area (Å²) in [6.07, 6.45) is 5.59. The van der Waals surface area contributed by atoms with Crippen molar-refractivity contribution in [1.82, 2.24) is 0 Å². The summed E-state index contributed by atoms with van der Waals surface area (Å²) in [5.74, 6) is 0. The number of rotatable bonds is 9. The summed E-state index contributed by atoms with van der Waals surface area (Å²) in [7, 11) is 0. The maximum atomic E-state index is 6.46. The first-order chi connectivity index (χ1) is 9.99. The molecule has 0 aromatic heterocycles. The molecule has 2 nitrogen and oxygen atoms in total. The summed E-state index contributed by atoms with van der Waals surface area (Å²) in [6, 6.07) is 7.11. The molecule has 0 aliphatic carbocycles. The van der Waals surface area contributed by atoms with Gasteiger partial charge in [-0.3, -0.25) is 0 Å². The van der Waals surface area contributed by atoms with E-state index in [0.717, 1.165) is 30.0 Å². The van der Waals surface area contributed by atoms with Crippen LogP contribution in [-0.2, 0) is 6.42 Å². The average Bonchev–Trinajstić information content (AvgIpc) is 2.45. The molecule has 0 bridgehead atoms. The van der Waals surface area contributed by atoms with E-state index in [1.54, 1.807) is 0 Å². The summed E-state index contributed by atoms with van der Waals surface area (Å²) in [5, 5.41) is 0.845. The molecule has 1 rings (SSSR count). The normalized spacial score (nSPS) is 12.7. The summed E-state index contributed by atoms with van der Waals surface area (Å²) in [4.78, 5) is 2.44. The van der Waals surface area contributed by atoms with Crippen molar-refractivity contribution < 1.29 is 0 Å².